The maximum Gasteiger partial charge on any atom is 0.321 e. The average molecular weight is 393 g/mol. The molecule has 0 spiro atoms. The molecule has 1 aromatic heterocycles. The third-order valence-corrected chi connectivity index (χ3v) is 4.75. The van der Waals surface area contributed by atoms with Crippen molar-refractivity contribution in [2.24, 2.45) is 0 Å². The lowest BCUT2D eigenvalue weighted by Crippen LogP contribution is -2.38. The molecule has 128 valence electrons. The fraction of sp³-hybridized carbons (Fsp3) is 0.412. The topological polar surface area (TPSA) is 61.6 Å². The molecule has 0 radical (unpaired) electrons. The highest BCUT2D eigenvalue weighted by atomic mass is 79.9. The van der Waals surface area contributed by atoms with Crippen molar-refractivity contribution in [3.8, 4) is 0 Å². The van der Waals surface area contributed by atoms with E-state index in [-0.39, 0.29) is 6.03 Å². The number of hydrogen-bond donors (Lipinski definition) is 1. The molecule has 7 heteroatoms. The molecule has 6 nitrogen and oxygen atoms in total. The minimum Gasteiger partial charge on any atom is -0.361 e. The molecule has 1 fully saturated rings. The van der Waals surface area contributed by atoms with Gasteiger partial charge < -0.3 is 14.7 Å². The number of benzene rings is 1. The Hall–Kier alpha value is -1.86. The van der Waals surface area contributed by atoms with E-state index in [1.165, 1.54) is 0 Å². The summed E-state index contributed by atoms with van der Waals surface area (Å²) >= 11 is 3.46. The van der Waals surface area contributed by atoms with E-state index in [1.54, 1.807) is 0 Å². The third kappa shape index (κ3) is 4.36. The van der Waals surface area contributed by atoms with E-state index in [9.17, 15) is 4.79 Å². The molecule has 1 aromatic carbocycles. The van der Waals surface area contributed by atoms with Crippen molar-refractivity contribution in [1.82, 2.24) is 15.0 Å². The van der Waals surface area contributed by atoms with Gasteiger partial charge in [0.2, 0.25) is 0 Å². The van der Waals surface area contributed by atoms with Gasteiger partial charge >= 0.3 is 6.03 Å². The predicted molar refractivity (Wildman–Crippen MR) is 95.9 cm³/mol. The van der Waals surface area contributed by atoms with Crippen LogP contribution < -0.4 is 5.32 Å². The third-order valence-electron chi connectivity index (χ3n) is 4.05. The maximum absolute atomic E-state index is 12.5. The number of aryl methyl sites for hydroxylation is 1. The number of carbonyl (C=O) groups is 1. The summed E-state index contributed by atoms with van der Waals surface area (Å²) in [4.78, 5) is 16.7. The van der Waals surface area contributed by atoms with E-state index in [1.807, 2.05) is 42.2 Å². The van der Waals surface area contributed by atoms with Gasteiger partial charge in [-0.3, -0.25) is 4.90 Å². The van der Waals surface area contributed by atoms with Crippen molar-refractivity contribution < 1.29 is 9.32 Å². The van der Waals surface area contributed by atoms with E-state index in [0.29, 0.717) is 6.54 Å². The number of para-hydroxylation sites is 1. The fourth-order valence-corrected chi connectivity index (χ4v) is 3.19. The predicted octanol–water partition coefficient (Wildman–Crippen LogP) is 3.49. The number of nitrogens with zero attached hydrogens (tertiary/aromatic N) is 3. The first-order valence-corrected chi connectivity index (χ1v) is 8.86. The van der Waals surface area contributed by atoms with Gasteiger partial charge in [0.25, 0.3) is 0 Å². The highest BCUT2D eigenvalue weighted by molar-refractivity contribution is 9.10. The van der Waals surface area contributed by atoms with Gasteiger partial charge in [-0.1, -0.05) is 17.3 Å². The van der Waals surface area contributed by atoms with Gasteiger partial charge in [0.05, 0.1) is 11.4 Å². The number of hydrogen-bond acceptors (Lipinski definition) is 4. The Kier molecular flexibility index (Phi) is 5.52. The summed E-state index contributed by atoms with van der Waals surface area (Å²) in [7, 11) is 0. The largest absolute Gasteiger partial charge is 0.361 e. The molecule has 0 saturated carbocycles. The van der Waals surface area contributed by atoms with Gasteiger partial charge in [-0.15, -0.1) is 0 Å². The number of halogens is 1. The van der Waals surface area contributed by atoms with Crippen molar-refractivity contribution >= 4 is 27.6 Å². The molecule has 0 atom stereocenters. The molecule has 2 heterocycles. The van der Waals surface area contributed by atoms with Gasteiger partial charge in [0.15, 0.2) is 0 Å². The van der Waals surface area contributed by atoms with Gasteiger partial charge in [-0.2, -0.15) is 0 Å². The maximum atomic E-state index is 12.5. The molecule has 3 rings (SSSR count). The second-order valence-electron chi connectivity index (χ2n) is 5.96. The molecule has 2 aromatic rings. The molecule has 1 saturated heterocycles. The molecular weight excluding hydrogens is 372 g/mol. The zero-order chi connectivity index (χ0) is 16.9. The number of aromatic nitrogens is 1. The van der Waals surface area contributed by atoms with E-state index in [0.717, 1.165) is 54.2 Å². The normalized spacial score (nSPS) is 16.0. The summed E-state index contributed by atoms with van der Waals surface area (Å²) in [6.07, 6.45) is 0.945. The first-order chi connectivity index (χ1) is 11.6. The minimum atomic E-state index is -0.0546. The molecular formula is C17H21BrN4O2. The fourth-order valence-electron chi connectivity index (χ4n) is 2.81. The van der Waals surface area contributed by atoms with Crippen molar-refractivity contribution in [2.75, 3.05) is 31.5 Å². The van der Waals surface area contributed by atoms with Gasteiger partial charge in [-0.25, -0.2) is 4.79 Å². The highest BCUT2D eigenvalue weighted by Crippen LogP contribution is 2.21. The first-order valence-electron chi connectivity index (χ1n) is 8.07. The van der Waals surface area contributed by atoms with Crippen LogP contribution >= 0.6 is 15.9 Å². The molecule has 24 heavy (non-hydrogen) atoms. The monoisotopic (exact) mass is 392 g/mol. The summed E-state index contributed by atoms with van der Waals surface area (Å²) in [5.74, 6) is 0.828. The summed E-state index contributed by atoms with van der Waals surface area (Å²) in [5, 5.41) is 7.02. The van der Waals surface area contributed by atoms with E-state index >= 15 is 0 Å². The van der Waals surface area contributed by atoms with Crippen LogP contribution in [0, 0.1) is 6.92 Å². The van der Waals surface area contributed by atoms with Crippen LogP contribution in [0.4, 0.5) is 10.5 Å². The molecule has 0 aliphatic carbocycles. The number of nitrogens with one attached hydrogen (secondary N) is 1. The lowest BCUT2D eigenvalue weighted by atomic mass is 10.3. The summed E-state index contributed by atoms with van der Waals surface area (Å²) in [6, 6.07) is 9.54. The van der Waals surface area contributed by atoms with Gasteiger partial charge in [-0.05, 0) is 41.4 Å². The van der Waals surface area contributed by atoms with E-state index < -0.39 is 0 Å². The molecule has 1 N–H and O–H groups in total. The van der Waals surface area contributed by atoms with Crippen LogP contribution in [0.3, 0.4) is 0 Å². The van der Waals surface area contributed by atoms with Crippen LogP contribution in [0.15, 0.2) is 39.3 Å². The van der Waals surface area contributed by atoms with Gasteiger partial charge in [0.1, 0.15) is 5.76 Å². The Morgan fingerprint density at radius 2 is 2.12 bits per heavy atom. The number of rotatable bonds is 3. The highest BCUT2D eigenvalue weighted by Gasteiger charge is 2.20. The standard InChI is InChI=1S/C17H21BrN4O2/c1-13-11-14(20-24-13)12-21-7-4-8-22(10-9-21)17(23)19-16-6-3-2-5-15(16)18/h2-3,5-6,11H,4,7-10,12H2,1H3,(H,19,23). The van der Waals surface area contributed by atoms with Crippen LogP contribution in [-0.2, 0) is 6.54 Å². The van der Waals surface area contributed by atoms with Crippen LogP contribution in [-0.4, -0.2) is 47.2 Å². The smallest absolute Gasteiger partial charge is 0.321 e. The van der Waals surface area contributed by atoms with Crippen molar-refractivity contribution in [3.63, 3.8) is 0 Å². The Morgan fingerprint density at radius 3 is 2.88 bits per heavy atom. The molecule has 1 aliphatic rings. The van der Waals surface area contributed by atoms with Crippen molar-refractivity contribution in [2.45, 2.75) is 19.9 Å². The first kappa shape index (κ1) is 17.0. The minimum absolute atomic E-state index is 0.0546. The van der Waals surface area contributed by atoms with Crippen LogP contribution in [0.25, 0.3) is 0 Å². The molecule has 0 bridgehead atoms. The lowest BCUT2D eigenvalue weighted by molar-refractivity contribution is 0.210. The Balaban J connectivity index is 1.55. The number of amides is 2. The molecule has 1 aliphatic heterocycles. The van der Waals surface area contributed by atoms with Crippen LogP contribution in [0.5, 0.6) is 0 Å². The average Bonchev–Trinajstić information content (AvgIpc) is 2.82. The second kappa shape index (κ2) is 7.81. The zero-order valence-corrected chi connectivity index (χ0v) is 15.3. The van der Waals surface area contributed by atoms with E-state index in [4.69, 9.17) is 4.52 Å². The molecule has 2 amide bonds. The summed E-state index contributed by atoms with van der Waals surface area (Å²) < 4.78 is 6.00. The summed E-state index contributed by atoms with van der Waals surface area (Å²) in [5.41, 5.74) is 1.74. The Bertz CT molecular complexity index is 703. The number of carbonyl (C=O) groups excluding carboxylic acids is 1. The Labute approximate surface area is 149 Å². The number of anilines is 1. The van der Waals surface area contributed by atoms with Crippen LogP contribution in [0.2, 0.25) is 0 Å². The van der Waals surface area contributed by atoms with Crippen molar-refractivity contribution in [1.29, 1.82) is 0 Å². The zero-order valence-electron chi connectivity index (χ0n) is 13.7. The summed E-state index contributed by atoms with van der Waals surface area (Å²) in [6.45, 7) is 5.89. The number of urea groups is 1. The van der Waals surface area contributed by atoms with Crippen molar-refractivity contribution in [3.05, 3.63) is 46.3 Å². The molecule has 0 unspecified atom stereocenters. The van der Waals surface area contributed by atoms with Crippen LogP contribution in [0.1, 0.15) is 17.9 Å². The SMILES string of the molecule is Cc1cc(CN2CCCN(C(=O)Nc3ccccc3Br)CC2)no1. The Morgan fingerprint density at radius 1 is 1.29 bits per heavy atom. The quantitative estimate of drug-likeness (QED) is 0.868. The lowest BCUT2D eigenvalue weighted by Gasteiger charge is -2.22. The second-order valence-corrected chi connectivity index (χ2v) is 6.81. The van der Waals surface area contributed by atoms with E-state index in [2.05, 4.69) is 31.3 Å². The van der Waals surface area contributed by atoms with Gasteiger partial charge in [0, 0.05) is 43.3 Å².